The number of hydrogen-bond donors (Lipinski definition) is 2. The van der Waals surface area contributed by atoms with Gasteiger partial charge in [-0.15, -0.1) is 0 Å². The minimum Gasteiger partial charge on any atom is -0.496 e. The minimum atomic E-state index is -0.349. The Balaban J connectivity index is 1.90. The van der Waals surface area contributed by atoms with Crippen LogP contribution in [0.25, 0.3) is 11.0 Å². The normalized spacial score (nSPS) is 10.9. The van der Waals surface area contributed by atoms with E-state index in [-0.39, 0.29) is 11.4 Å². The number of benzene rings is 2. The number of rotatable bonds is 5. The van der Waals surface area contributed by atoms with Gasteiger partial charge in [0.25, 0.3) is 5.56 Å². The summed E-state index contributed by atoms with van der Waals surface area (Å²) in [5.41, 5.74) is 4.31. The van der Waals surface area contributed by atoms with Gasteiger partial charge in [-0.2, -0.15) is 5.10 Å². The largest absolute Gasteiger partial charge is 0.496 e. The number of methoxy groups -OCH3 is 2. The van der Waals surface area contributed by atoms with Crippen LogP contribution >= 0.6 is 0 Å². The van der Waals surface area contributed by atoms with E-state index in [1.54, 1.807) is 32.4 Å². The lowest BCUT2D eigenvalue weighted by atomic mass is 10.2. The topological polar surface area (TPSA) is 88.6 Å². The van der Waals surface area contributed by atoms with Crippen LogP contribution in [-0.2, 0) is 0 Å². The number of aromatic amines is 1. The van der Waals surface area contributed by atoms with Gasteiger partial charge in [0.2, 0.25) is 5.82 Å². The number of aromatic nitrogens is 2. The molecule has 0 fully saturated rings. The molecule has 122 valence electrons. The van der Waals surface area contributed by atoms with Crippen molar-refractivity contribution >= 4 is 23.1 Å². The van der Waals surface area contributed by atoms with Gasteiger partial charge in [-0.3, -0.25) is 10.2 Å². The summed E-state index contributed by atoms with van der Waals surface area (Å²) in [6.45, 7) is 0. The monoisotopic (exact) mass is 324 g/mol. The molecule has 0 amide bonds. The van der Waals surface area contributed by atoms with Crippen molar-refractivity contribution in [1.29, 1.82) is 0 Å². The molecule has 0 unspecified atom stereocenters. The van der Waals surface area contributed by atoms with Crippen molar-refractivity contribution < 1.29 is 9.47 Å². The Morgan fingerprint density at radius 3 is 2.50 bits per heavy atom. The quantitative estimate of drug-likeness (QED) is 0.556. The second kappa shape index (κ2) is 6.82. The van der Waals surface area contributed by atoms with Crippen LogP contribution in [0.15, 0.2) is 52.4 Å². The number of H-pyrrole nitrogens is 1. The number of nitrogens with one attached hydrogen (secondary N) is 2. The lowest BCUT2D eigenvalue weighted by Gasteiger charge is -2.09. The third-order valence-electron chi connectivity index (χ3n) is 3.43. The number of hydrazone groups is 1. The molecule has 0 spiro atoms. The summed E-state index contributed by atoms with van der Waals surface area (Å²) in [4.78, 5) is 19.0. The molecule has 1 aromatic heterocycles. The Labute approximate surface area is 138 Å². The zero-order valence-corrected chi connectivity index (χ0v) is 13.2. The number of anilines is 1. The van der Waals surface area contributed by atoms with Gasteiger partial charge >= 0.3 is 0 Å². The number of para-hydroxylation sites is 2. The Kier molecular flexibility index (Phi) is 4.42. The lowest BCUT2D eigenvalue weighted by molar-refractivity contribution is 0.393. The van der Waals surface area contributed by atoms with E-state index in [2.05, 4.69) is 20.5 Å². The molecule has 0 saturated carbocycles. The molecule has 0 atom stereocenters. The van der Waals surface area contributed by atoms with Gasteiger partial charge in [-0.1, -0.05) is 18.2 Å². The van der Waals surface area contributed by atoms with Crippen molar-refractivity contribution in [2.45, 2.75) is 0 Å². The van der Waals surface area contributed by atoms with E-state index in [1.807, 2.05) is 24.3 Å². The maximum Gasteiger partial charge on any atom is 0.293 e. The zero-order chi connectivity index (χ0) is 16.9. The highest BCUT2D eigenvalue weighted by Gasteiger charge is 2.07. The Bertz CT molecular complexity index is 928. The van der Waals surface area contributed by atoms with Crippen molar-refractivity contribution in [2.75, 3.05) is 19.6 Å². The number of nitrogens with zero attached hydrogens (tertiary/aromatic N) is 2. The average Bonchev–Trinajstić information content (AvgIpc) is 2.62. The van der Waals surface area contributed by atoms with E-state index >= 15 is 0 Å². The molecular weight excluding hydrogens is 308 g/mol. The summed E-state index contributed by atoms with van der Waals surface area (Å²) in [5, 5.41) is 4.08. The van der Waals surface area contributed by atoms with Crippen molar-refractivity contribution in [2.24, 2.45) is 5.10 Å². The summed E-state index contributed by atoms with van der Waals surface area (Å²) in [6, 6.07) is 12.7. The maximum absolute atomic E-state index is 12.0. The first-order valence-electron chi connectivity index (χ1n) is 7.22. The van der Waals surface area contributed by atoms with Crippen LogP contribution in [0.3, 0.4) is 0 Å². The number of hydrogen-bond acceptors (Lipinski definition) is 6. The molecule has 7 heteroatoms. The van der Waals surface area contributed by atoms with Crippen LogP contribution < -0.4 is 20.5 Å². The van der Waals surface area contributed by atoms with Crippen molar-refractivity contribution in [3.8, 4) is 11.5 Å². The predicted octanol–water partition coefficient (Wildman–Crippen LogP) is 2.39. The highest BCUT2D eigenvalue weighted by Crippen LogP contribution is 2.26. The molecule has 3 aromatic rings. The molecule has 0 aliphatic carbocycles. The molecule has 24 heavy (non-hydrogen) atoms. The van der Waals surface area contributed by atoms with E-state index in [4.69, 9.17) is 9.47 Å². The van der Waals surface area contributed by atoms with Crippen LogP contribution in [0.1, 0.15) is 5.56 Å². The summed E-state index contributed by atoms with van der Waals surface area (Å²) in [6.07, 6.45) is 1.52. The van der Waals surface area contributed by atoms with E-state index in [0.717, 1.165) is 0 Å². The lowest BCUT2D eigenvalue weighted by Crippen LogP contribution is -2.13. The summed E-state index contributed by atoms with van der Waals surface area (Å²) >= 11 is 0. The number of fused-ring (bicyclic) bond motifs is 1. The van der Waals surface area contributed by atoms with Gasteiger partial charge in [0, 0.05) is 0 Å². The smallest absolute Gasteiger partial charge is 0.293 e. The van der Waals surface area contributed by atoms with Gasteiger partial charge < -0.3 is 14.5 Å². The van der Waals surface area contributed by atoms with E-state index in [0.29, 0.717) is 28.1 Å². The van der Waals surface area contributed by atoms with Crippen LogP contribution in [0.5, 0.6) is 11.5 Å². The van der Waals surface area contributed by atoms with Gasteiger partial charge in [-0.05, 0) is 24.3 Å². The molecule has 2 N–H and O–H groups in total. The first-order valence-corrected chi connectivity index (χ1v) is 7.22. The van der Waals surface area contributed by atoms with Crippen LogP contribution in [0, 0.1) is 0 Å². The third kappa shape index (κ3) is 3.05. The van der Waals surface area contributed by atoms with E-state index in [1.165, 1.54) is 6.21 Å². The van der Waals surface area contributed by atoms with Crippen molar-refractivity contribution in [3.05, 3.63) is 58.4 Å². The molecule has 1 heterocycles. The molecule has 0 aliphatic heterocycles. The second-order valence-electron chi connectivity index (χ2n) is 4.88. The first kappa shape index (κ1) is 15.5. The molecule has 0 aliphatic rings. The van der Waals surface area contributed by atoms with Gasteiger partial charge in [0.05, 0.1) is 37.0 Å². The molecule has 2 aromatic carbocycles. The van der Waals surface area contributed by atoms with Gasteiger partial charge in [-0.25, -0.2) is 4.98 Å². The molecule has 0 bridgehead atoms. The predicted molar refractivity (Wildman–Crippen MR) is 93.1 cm³/mol. The van der Waals surface area contributed by atoms with Gasteiger partial charge in [0.1, 0.15) is 11.5 Å². The van der Waals surface area contributed by atoms with Crippen molar-refractivity contribution in [3.63, 3.8) is 0 Å². The highest BCUT2D eigenvalue weighted by molar-refractivity contribution is 5.87. The van der Waals surface area contributed by atoms with Crippen molar-refractivity contribution in [1.82, 2.24) is 9.97 Å². The SMILES string of the molecule is COc1cccc(OC)c1/C=N/Nc1nc2ccccc2[nH]c1=O. The number of ether oxygens (including phenoxy) is 2. The van der Waals surface area contributed by atoms with Gasteiger partial charge in [0.15, 0.2) is 0 Å². The fourth-order valence-corrected chi connectivity index (χ4v) is 2.27. The summed E-state index contributed by atoms with van der Waals surface area (Å²) in [7, 11) is 3.13. The summed E-state index contributed by atoms with van der Waals surface area (Å²) < 4.78 is 10.6. The maximum atomic E-state index is 12.0. The summed E-state index contributed by atoms with van der Waals surface area (Å²) in [5.74, 6) is 1.33. The fraction of sp³-hybridized carbons (Fsp3) is 0.118. The van der Waals surface area contributed by atoms with Crippen LogP contribution in [-0.4, -0.2) is 30.4 Å². The molecular formula is C17H16N4O3. The van der Waals surface area contributed by atoms with E-state index < -0.39 is 0 Å². The van der Waals surface area contributed by atoms with Crippen LogP contribution in [0.4, 0.5) is 5.82 Å². The average molecular weight is 324 g/mol. The van der Waals surface area contributed by atoms with Crippen LogP contribution in [0.2, 0.25) is 0 Å². The Hall–Kier alpha value is -3.35. The highest BCUT2D eigenvalue weighted by atomic mass is 16.5. The molecule has 3 rings (SSSR count). The Morgan fingerprint density at radius 2 is 1.79 bits per heavy atom. The second-order valence-corrected chi connectivity index (χ2v) is 4.88. The fourth-order valence-electron chi connectivity index (χ4n) is 2.27. The molecule has 7 nitrogen and oxygen atoms in total. The first-order chi connectivity index (χ1) is 11.7. The molecule has 0 saturated heterocycles. The Morgan fingerprint density at radius 1 is 1.08 bits per heavy atom. The minimum absolute atomic E-state index is 0.110. The third-order valence-corrected chi connectivity index (χ3v) is 3.43. The molecule has 0 radical (unpaired) electrons. The standard InChI is InChI=1S/C17H16N4O3/c1-23-14-8-5-9-15(24-2)11(14)10-18-21-16-17(22)20-13-7-4-3-6-12(13)19-16/h3-10H,1-2H3,(H,19,21)(H,20,22)/b18-10+. The van der Waals surface area contributed by atoms with E-state index in [9.17, 15) is 4.79 Å². The zero-order valence-electron chi connectivity index (χ0n) is 13.2.